The minimum atomic E-state index is 1.22. The summed E-state index contributed by atoms with van der Waals surface area (Å²) in [6, 6.07) is 12.6. The minimum absolute atomic E-state index is 1.22. The van der Waals surface area contributed by atoms with Crippen molar-refractivity contribution in [2.24, 2.45) is 0 Å². The van der Waals surface area contributed by atoms with Gasteiger partial charge in [0.05, 0.1) is 0 Å². The molecule has 1 heterocycles. The van der Waals surface area contributed by atoms with Gasteiger partial charge in [-0.2, -0.15) is 0 Å². The summed E-state index contributed by atoms with van der Waals surface area (Å²) >= 11 is 1.68. The summed E-state index contributed by atoms with van der Waals surface area (Å²) in [6.45, 7) is 2.07. The van der Waals surface area contributed by atoms with E-state index < -0.39 is 0 Å². The molecule has 59 valence electrons. The van der Waals surface area contributed by atoms with Gasteiger partial charge in [0.15, 0.2) is 0 Å². The summed E-state index contributed by atoms with van der Waals surface area (Å²) in [6.07, 6.45) is 0. The Balaban J connectivity index is 2.45. The van der Waals surface area contributed by atoms with Crippen LogP contribution >= 0.6 is 11.3 Å². The standard InChI is InChI=1S/C11H9S/c1-9-7-11(12-8-9)10-5-3-2-4-6-10/h2-7H,1H3. The molecule has 2 rings (SSSR count). The van der Waals surface area contributed by atoms with Crippen molar-refractivity contribution >= 4 is 11.3 Å². The third kappa shape index (κ3) is 1.41. The number of aryl methyl sites for hydroxylation is 1. The zero-order valence-corrected chi connectivity index (χ0v) is 7.69. The lowest BCUT2D eigenvalue weighted by Crippen LogP contribution is -1.68. The maximum absolute atomic E-state index is 3.21. The lowest BCUT2D eigenvalue weighted by Gasteiger charge is -1.93. The van der Waals surface area contributed by atoms with Gasteiger partial charge < -0.3 is 0 Å². The SMILES string of the molecule is Cc1[c]sc(-c2ccccc2)c1. The van der Waals surface area contributed by atoms with E-state index in [1.165, 1.54) is 16.0 Å². The predicted octanol–water partition coefficient (Wildman–Crippen LogP) is 3.52. The van der Waals surface area contributed by atoms with Crippen LogP contribution in [0.1, 0.15) is 5.56 Å². The molecule has 1 radical (unpaired) electrons. The van der Waals surface area contributed by atoms with Gasteiger partial charge in [-0.25, -0.2) is 0 Å². The van der Waals surface area contributed by atoms with Crippen LogP contribution in [0.5, 0.6) is 0 Å². The molecule has 0 nitrogen and oxygen atoms in total. The van der Waals surface area contributed by atoms with E-state index in [4.69, 9.17) is 0 Å². The normalized spacial score (nSPS) is 10.1. The second kappa shape index (κ2) is 3.11. The fourth-order valence-electron chi connectivity index (χ4n) is 1.14. The van der Waals surface area contributed by atoms with Crippen LogP contribution in [-0.4, -0.2) is 0 Å². The maximum atomic E-state index is 3.21. The summed E-state index contributed by atoms with van der Waals surface area (Å²) in [5, 5.41) is 3.21. The number of benzene rings is 1. The van der Waals surface area contributed by atoms with Crippen LogP contribution in [0.3, 0.4) is 0 Å². The van der Waals surface area contributed by atoms with Crippen molar-refractivity contribution in [1.29, 1.82) is 0 Å². The van der Waals surface area contributed by atoms with Gasteiger partial charge in [-0.3, -0.25) is 0 Å². The zero-order valence-electron chi connectivity index (χ0n) is 6.87. The molecule has 0 saturated carbocycles. The van der Waals surface area contributed by atoms with Crippen LogP contribution in [0.15, 0.2) is 36.4 Å². The maximum Gasteiger partial charge on any atom is 0.0481 e. The number of hydrogen-bond donors (Lipinski definition) is 0. The molecule has 0 spiro atoms. The molecule has 1 aromatic carbocycles. The van der Waals surface area contributed by atoms with Gasteiger partial charge in [0.1, 0.15) is 0 Å². The first-order valence-electron chi connectivity index (χ1n) is 3.90. The van der Waals surface area contributed by atoms with E-state index in [9.17, 15) is 0 Å². The van der Waals surface area contributed by atoms with E-state index in [2.05, 4.69) is 42.6 Å². The van der Waals surface area contributed by atoms with Crippen molar-refractivity contribution in [2.75, 3.05) is 0 Å². The van der Waals surface area contributed by atoms with Gasteiger partial charge in [-0.1, -0.05) is 30.3 Å². The fourth-order valence-corrected chi connectivity index (χ4v) is 1.96. The smallest absolute Gasteiger partial charge is 0.0481 e. The quantitative estimate of drug-likeness (QED) is 0.619. The molecular formula is C11H9S. The van der Waals surface area contributed by atoms with Crippen molar-refractivity contribution in [3.8, 4) is 10.4 Å². The van der Waals surface area contributed by atoms with E-state index in [1.807, 2.05) is 6.07 Å². The molecule has 0 bridgehead atoms. The van der Waals surface area contributed by atoms with Crippen molar-refractivity contribution in [3.63, 3.8) is 0 Å². The fraction of sp³-hybridized carbons (Fsp3) is 0.0909. The zero-order chi connectivity index (χ0) is 8.39. The summed E-state index contributed by atoms with van der Waals surface area (Å²) in [4.78, 5) is 1.30. The van der Waals surface area contributed by atoms with Crippen LogP contribution in [0, 0.1) is 12.3 Å². The molecule has 1 heteroatoms. The van der Waals surface area contributed by atoms with Crippen molar-refractivity contribution in [3.05, 3.63) is 47.3 Å². The molecule has 0 aliphatic rings. The second-order valence-corrected chi connectivity index (χ2v) is 3.61. The molecular weight excluding hydrogens is 164 g/mol. The monoisotopic (exact) mass is 173 g/mol. The highest BCUT2D eigenvalue weighted by Crippen LogP contribution is 2.25. The lowest BCUT2D eigenvalue weighted by atomic mass is 10.2. The summed E-state index contributed by atoms with van der Waals surface area (Å²) in [5.41, 5.74) is 2.51. The van der Waals surface area contributed by atoms with E-state index in [-0.39, 0.29) is 0 Å². The Morgan fingerprint density at radius 3 is 2.50 bits per heavy atom. The summed E-state index contributed by atoms with van der Waals surface area (Å²) in [7, 11) is 0. The number of rotatable bonds is 1. The minimum Gasteiger partial charge on any atom is -0.134 e. The Kier molecular flexibility index (Phi) is 1.96. The molecule has 0 N–H and O–H groups in total. The Morgan fingerprint density at radius 2 is 1.92 bits per heavy atom. The average Bonchev–Trinajstić information content (AvgIpc) is 2.54. The van der Waals surface area contributed by atoms with E-state index >= 15 is 0 Å². The van der Waals surface area contributed by atoms with E-state index in [1.54, 1.807) is 11.3 Å². The molecule has 0 atom stereocenters. The molecule has 0 saturated heterocycles. The third-order valence-corrected chi connectivity index (χ3v) is 2.73. The first-order chi connectivity index (χ1) is 5.86. The molecule has 0 unspecified atom stereocenters. The van der Waals surface area contributed by atoms with Crippen LogP contribution in [0.4, 0.5) is 0 Å². The topological polar surface area (TPSA) is 0 Å². The van der Waals surface area contributed by atoms with Gasteiger partial charge >= 0.3 is 0 Å². The van der Waals surface area contributed by atoms with Gasteiger partial charge in [0.25, 0.3) is 0 Å². The van der Waals surface area contributed by atoms with Crippen molar-refractivity contribution < 1.29 is 0 Å². The van der Waals surface area contributed by atoms with Crippen LogP contribution in [-0.2, 0) is 0 Å². The predicted molar refractivity (Wildman–Crippen MR) is 53.3 cm³/mol. The highest BCUT2D eigenvalue weighted by Gasteiger charge is 1.98. The van der Waals surface area contributed by atoms with Crippen LogP contribution in [0.25, 0.3) is 10.4 Å². The van der Waals surface area contributed by atoms with E-state index in [0.29, 0.717) is 0 Å². The Bertz CT molecular complexity index is 360. The van der Waals surface area contributed by atoms with Gasteiger partial charge in [-0.15, -0.1) is 11.3 Å². The van der Waals surface area contributed by atoms with Gasteiger partial charge in [0, 0.05) is 10.3 Å². The third-order valence-electron chi connectivity index (χ3n) is 1.73. The van der Waals surface area contributed by atoms with Crippen LogP contribution in [0.2, 0.25) is 0 Å². The van der Waals surface area contributed by atoms with Crippen molar-refractivity contribution in [2.45, 2.75) is 6.92 Å². The lowest BCUT2D eigenvalue weighted by molar-refractivity contribution is 1.54. The second-order valence-electron chi connectivity index (χ2n) is 2.76. The number of thiophene rings is 1. The molecule has 1 aromatic heterocycles. The molecule has 12 heavy (non-hydrogen) atoms. The van der Waals surface area contributed by atoms with Gasteiger partial charge in [-0.05, 0) is 24.1 Å². The van der Waals surface area contributed by atoms with E-state index in [0.717, 1.165) is 0 Å². The largest absolute Gasteiger partial charge is 0.134 e. The van der Waals surface area contributed by atoms with Gasteiger partial charge in [0.2, 0.25) is 0 Å². The first kappa shape index (κ1) is 7.56. The molecule has 2 aromatic rings. The molecule has 0 aliphatic heterocycles. The Morgan fingerprint density at radius 1 is 1.17 bits per heavy atom. The molecule has 0 aliphatic carbocycles. The summed E-state index contributed by atoms with van der Waals surface area (Å²) < 4.78 is 0. The molecule has 0 fully saturated rings. The highest BCUT2D eigenvalue weighted by atomic mass is 32.1. The van der Waals surface area contributed by atoms with Crippen LogP contribution < -0.4 is 0 Å². The Labute approximate surface area is 76.5 Å². The average molecular weight is 173 g/mol. The highest BCUT2D eigenvalue weighted by molar-refractivity contribution is 7.13. The Hall–Kier alpha value is -1.08. The van der Waals surface area contributed by atoms with Crippen molar-refractivity contribution in [1.82, 2.24) is 0 Å². The molecule has 0 amide bonds. The summed E-state index contributed by atoms with van der Waals surface area (Å²) in [5.74, 6) is 0. The first-order valence-corrected chi connectivity index (χ1v) is 4.71. The number of hydrogen-bond acceptors (Lipinski definition) is 1.